The van der Waals surface area contributed by atoms with E-state index in [-0.39, 0.29) is 29.6 Å². The lowest BCUT2D eigenvalue weighted by Crippen LogP contribution is -2.35. The second-order valence-corrected chi connectivity index (χ2v) is 11.0. The molecule has 2 atom stereocenters. The Morgan fingerprint density at radius 3 is 2.67 bits per heavy atom. The highest BCUT2D eigenvalue weighted by Gasteiger charge is 2.34. The molecule has 39 heavy (non-hydrogen) atoms. The summed E-state index contributed by atoms with van der Waals surface area (Å²) in [5, 5.41) is 11.3. The molecule has 0 saturated carbocycles. The zero-order chi connectivity index (χ0) is 27.7. The molecule has 0 radical (unpaired) electrons. The van der Waals surface area contributed by atoms with E-state index >= 15 is 0 Å². The van der Waals surface area contributed by atoms with E-state index in [1.807, 2.05) is 54.5 Å². The number of nitrogens with zero attached hydrogens (tertiary/aromatic N) is 6. The number of likely N-dealkylation sites (tertiary alicyclic amines) is 1. The zero-order valence-corrected chi connectivity index (χ0v) is 23.2. The van der Waals surface area contributed by atoms with Gasteiger partial charge >= 0.3 is 0 Å². The summed E-state index contributed by atoms with van der Waals surface area (Å²) >= 11 is 1.57. The van der Waals surface area contributed by atoms with Crippen LogP contribution in [-0.4, -0.2) is 50.5 Å². The van der Waals surface area contributed by atoms with Gasteiger partial charge in [-0.15, -0.1) is 21.5 Å². The molecular weight excluding hydrogens is 514 g/mol. The van der Waals surface area contributed by atoms with Crippen molar-refractivity contribution >= 4 is 29.0 Å². The lowest BCUT2D eigenvalue weighted by molar-refractivity contribution is -0.116. The van der Waals surface area contributed by atoms with Gasteiger partial charge in [0.2, 0.25) is 11.8 Å². The lowest BCUT2D eigenvalue weighted by atomic mass is 9.94. The first-order valence-corrected chi connectivity index (χ1v) is 13.7. The molecule has 2 N–H and O–H groups in total. The Balaban J connectivity index is 1.49. The maximum absolute atomic E-state index is 13.8. The molecule has 0 spiro atoms. The number of aromatic nitrogens is 4. The van der Waals surface area contributed by atoms with E-state index in [0.29, 0.717) is 30.0 Å². The average molecular weight is 546 g/mol. The summed E-state index contributed by atoms with van der Waals surface area (Å²) in [5.41, 5.74) is 8.30. The van der Waals surface area contributed by atoms with Crippen LogP contribution in [0.2, 0.25) is 0 Å². The molecule has 202 valence electrons. The van der Waals surface area contributed by atoms with Crippen LogP contribution in [0.15, 0.2) is 52.3 Å². The minimum absolute atomic E-state index is 0.0901. The smallest absolute Gasteiger partial charge is 0.266 e. The number of rotatable bonds is 7. The van der Waals surface area contributed by atoms with Crippen LogP contribution >= 0.6 is 11.3 Å². The third-order valence-corrected chi connectivity index (χ3v) is 7.92. The number of carbonyl (C=O) groups excluding carboxylic acids is 2. The summed E-state index contributed by atoms with van der Waals surface area (Å²) < 4.78 is 6.01. The third-order valence-electron chi connectivity index (χ3n) is 6.86. The first-order valence-electron chi connectivity index (χ1n) is 12.8. The van der Waals surface area contributed by atoms with Crippen LogP contribution in [0.3, 0.4) is 0 Å². The van der Waals surface area contributed by atoms with Crippen LogP contribution in [0.4, 0.5) is 5.82 Å². The van der Waals surface area contributed by atoms with Gasteiger partial charge < -0.3 is 20.0 Å². The molecule has 1 aromatic carbocycles. The van der Waals surface area contributed by atoms with Crippen molar-refractivity contribution < 1.29 is 14.0 Å². The molecule has 1 saturated heterocycles. The topological polar surface area (TPSA) is 131 Å². The van der Waals surface area contributed by atoms with Crippen LogP contribution < -0.4 is 10.6 Å². The van der Waals surface area contributed by atoms with E-state index in [9.17, 15) is 9.59 Å². The van der Waals surface area contributed by atoms with Gasteiger partial charge in [0.1, 0.15) is 16.5 Å². The van der Waals surface area contributed by atoms with Gasteiger partial charge in [-0.2, -0.15) is 0 Å². The largest absolute Gasteiger partial charge is 0.417 e. The number of hydrogen-bond donors (Lipinski definition) is 1. The van der Waals surface area contributed by atoms with E-state index in [4.69, 9.17) is 10.2 Å². The molecular formula is C28H31N7O3S. The molecule has 0 bridgehead atoms. The van der Waals surface area contributed by atoms with Gasteiger partial charge in [0.25, 0.3) is 11.8 Å². The van der Waals surface area contributed by atoms with E-state index in [1.165, 1.54) is 11.8 Å². The number of anilines is 1. The van der Waals surface area contributed by atoms with Gasteiger partial charge in [0.05, 0.1) is 11.6 Å². The number of thiazole rings is 1. The van der Waals surface area contributed by atoms with Crippen molar-refractivity contribution in [2.24, 2.45) is 5.73 Å². The van der Waals surface area contributed by atoms with E-state index in [2.05, 4.69) is 20.2 Å². The van der Waals surface area contributed by atoms with Crippen LogP contribution in [-0.2, 0) is 16.8 Å². The minimum atomic E-state index is -0.923. The SMILES string of the molecule is CC(=O)N(C)c1cc(C(=O)N2CCC[C@@H]2c2nc(C)cs2)cc(-c2nnc(C(C)(N)Cc3ccccc3)o2)n1. The van der Waals surface area contributed by atoms with Gasteiger partial charge in [-0.1, -0.05) is 30.3 Å². The monoisotopic (exact) mass is 545 g/mol. The van der Waals surface area contributed by atoms with Crippen LogP contribution in [0, 0.1) is 6.92 Å². The molecule has 0 aliphatic carbocycles. The number of amides is 2. The number of nitrogens with two attached hydrogens (primary N) is 1. The number of carbonyl (C=O) groups is 2. The molecule has 1 unspecified atom stereocenters. The van der Waals surface area contributed by atoms with Gasteiger partial charge in [-0.3, -0.25) is 9.59 Å². The van der Waals surface area contributed by atoms with Gasteiger partial charge in [0.15, 0.2) is 0 Å². The fourth-order valence-corrected chi connectivity index (χ4v) is 5.64. The summed E-state index contributed by atoms with van der Waals surface area (Å²) in [6.45, 7) is 5.83. The number of benzene rings is 1. The van der Waals surface area contributed by atoms with Gasteiger partial charge in [-0.05, 0) is 50.8 Å². The predicted molar refractivity (Wildman–Crippen MR) is 148 cm³/mol. The van der Waals surface area contributed by atoms with Crippen LogP contribution in [0.5, 0.6) is 0 Å². The normalized spacial score (nSPS) is 16.7. The molecule has 10 nitrogen and oxygen atoms in total. The molecule has 4 heterocycles. The van der Waals surface area contributed by atoms with Crippen molar-refractivity contribution in [3.63, 3.8) is 0 Å². The quantitative estimate of drug-likeness (QED) is 0.364. The summed E-state index contributed by atoms with van der Waals surface area (Å²) in [7, 11) is 1.61. The van der Waals surface area contributed by atoms with Crippen molar-refractivity contribution in [3.8, 4) is 11.6 Å². The fraction of sp³-hybridized carbons (Fsp3) is 0.357. The number of aryl methyl sites for hydroxylation is 1. The average Bonchev–Trinajstić information content (AvgIpc) is 3.68. The number of hydrogen-bond acceptors (Lipinski definition) is 9. The molecule has 4 aromatic rings. The zero-order valence-electron chi connectivity index (χ0n) is 22.4. The third kappa shape index (κ3) is 5.59. The minimum Gasteiger partial charge on any atom is -0.417 e. The molecule has 3 aromatic heterocycles. The van der Waals surface area contributed by atoms with Crippen LogP contribution in [0.25, 0.3) is 11.6 Å². The Hall–Kier alpha value is -3.96. The second-order valence-electron chi connectivity index (χ2n) is 10.2. The van der Waals surface area contributed by atoms with Crippen molar-refractivity contribution in [2.45, 2.75) is 51.6 Å². The molecule has 1 aliphatic heterocycles. The van der Waals surface area contributed by atoms with Gasteiger partial charge in [-0.25, -0.2) is 9.97 Å². The Bertz CT molecular complexity index is 1500. The highest BCUT2D eigenvalue weighted by Crippen LogP contribution is 2.36. The highest BCUT2D eigenvalue weighted by atomic mass is 32.1. The predicted octanol–water partition coefficient (Wildman–Crippen LogP) is 4.27. The summed E-state index contributed by atoms with van der Waals surface area (Å²) in [6.07, 6.45) is 2.23. The van der Waals surface area contributed by atoms with Crippen molar-refractivity contribution in [2.75, 3.05) is 18.5 Å². The Labute approximate surface area is 230 Å². The summed E-state index contributed by atoms with van der Waals surface area (Å²) in [4.78, 5) is 38.4. The Morgan fingerprint density at radius 2 is 1.97 bits per heavy atom. The second kappa shape index (κ2) is 10.7. The van der Waals surface area contributed by atoms with Crippen molar-refractivity contribution in [1.82, 2.24) is 25.1 Å². The standard InChI is InChI=1S/C28H31N7O3S/c1-17-16-39-25(30-17)22-11-8-12-35(22)26(37)20-13-21(31-23(14-20)34(4)18(2)36)24-32-33-27(38-24)28(3,29)15-19-9-6-5-7-10-19/h5-7,9-10,13-14,16,22H,8,11-12,15,29H2,1-4H3/t22-,28?/m1/s1. The van der Waals surface area contributed by atoms with Crippen molar-refractivity contribution in [3.05, 3.63) is 75.6 Å². The summed E-state index contributed by atoms with van der Waals surface area (Å²) in [6, 6.07) is 13.0. The summed E-state index contributed by atoms with van der Waals surface area (Å²) in [5.74, 6) is 0.290. The highest BCUT2D eigenvalue weighted by molar-refractivity contribution is 7.09. The first-order chi connectivity index (χ1) is 18.6. The maximum atomic E-state index is 13.8. The van der Waals surface area contributed by atoms with E-state index in [1.54, 1.807) is 30.5 Å². The first kappa shape index (κ1) is 26.6. The lowest BCUT2D eigenvalue weighted by Gasteiger charge is -2.24. The maximum Gasteiger partial charge on any atom is 0.266 e. The number of pyridine rings is 1. The molecule has 5 rings (SSSR count). The van der Waals surface area contributed by atoms with E-state index < -0.39 is 5.54 Å². The van der Waals surface area contributed by atoms with Gasteiger partial charge in [0, 0.05) is 37.2 Å². The van der Waals surface area contributed by atoms with E-state index in [0.717, 1.165) is 29.1 Å². The Kier molecular flexibility index (Phi) is 7.28. The molecule has 2 amide bonds. The Morgan fingerprint density at radius 1 is 1.21 bits per heavy atom. The van der Waals surface area contributed by atoms with Crippen molar-refractivity contribution in [1.29, 1.82) is 0 Å². The molecule has 1 fully saturated rings. The molecule has 11 heteroatoms. The van der Waals surface area contributed by atoms with Crippen LogP contribution in [0.1, 0.15) is 65.2 Å². The fourth-order valence-electron chi connectivity index (χ4n) is 4.69. The molecule has 1 aliphatic rings.